The molecule has 2 atom stereocenters. The van der Waals surface area contributed by atoms with Gasteiger partial charge in [-0.2, -0.15) is 0 Å². The van der Waals surface area contributed by atoms with E-state index in [-0.39, 0.29) is 16.7 Å². The molecule has 0 aromatic heterocycles. The van der Waals surface area contributed by atoms with E-state index in [0.717, 1.165) is 24.0 Å². The molecule has 2 aliphatic carbocycles. The van der Waals surface area contributed by atoms with Gasteiger partial charge in [0.05, 0.1) is 0 Å². The summed E-state index contributed by atoms with van der Waals surface area (Å²) in [5, 5.41) is 21.2. The number of fused-ring (bicyclic) bond motifs is 1. The Kier molecular flexibility index (Phi) is 2.90. The normalized spacial score (nSPS) is 34.0. The van der Waals surface area contributed by atoms with Crippen LogP contribution in [0, 0.1) is 10.8 Å². The first kappa shape index (κ1) is 13.8. The van der Waals surface area contributed by atoms with E-state index in [2.05, 4.69) is 39.0 Å². The molecule has 0 aliphatic heterocycles. The SMILES string of the molecule is CC1(C)CC=CC(C)(C2c3ccccc3CC2(O)O)C1. The number of allylic oxidation sites excluding steroid dienone is 2. The van der Waals surface area contributed by atoms with Gasteiger partial charge in [-0.3, -0.25) is 0 Å². The summed E-state index contributed by atoms with van der Waals surface area (Å²) in [7, 11) is 0. The first-order chi connectivity index (χ1) is 9.24. The molecule has 0 fully saturated rings. The van der Waals surface area contributed by atoms with Crippen LogP contribution >= 0.6 is 0 Å². The third kappa shape index (κ3) is 2.11. The van der Waals surface area contributed by atoms with Crippen LogP contribution in [0.5, 0.6) is 0 Å². The highest BCUT2D eigenvalue weighted by atomic mass is 16.5. The van der Waals surface area contributed by atoms with E-state index < -0.39 is 5.79 Å². The molecular weight excluding hydrogens is 248 g/mol. The number of hydrogen-bond donors (Lipinski definition) is 2. The Balaban J connectivity index is 2.08. The van der Waals surface area contributed by atoms with Gasteiger partial charge in [-0.1, -0.05) is 57.2 Å². The van der Waals surface area contributed by atoms with Crippen LogP contribution in [0.15, 0.2) is 36.4 Å². The largest absolute Gasteiger partial charge is 0.365 e. The molecule has 2 unspecified atom stereocenters. The smallest absolute Gasteiger partial charge is 0.174 e. The van der Waals surface area contributed by atoms with Gasteiger partial charge in [-0.05, 0) is 34.8 Å². The van der Waals surface area contributed by atoms with Crippen LogP contribution in [0.4, 0.5) is 0 Å². The van der Waals surface area contributed by atoms with Gasteiger partial charge in [0.2, 0.25) is 0 Å². The van der Waals surface area contributed by atoms with Gasteiger partial charge in [-0.25, -0.2) is 0 Å². The molecule has 2 nitrogen and oxygen atoms in total. The van der Waals surface area contributed by atoms with E-state index in [1.165, 1.54) is 0 Å². The Bertz CT molecular complexity index is 556. The summed E-state index contributed by atoms with van der Waals surface area (Å²) < 4.78 is 0. The second kappa shape index (κ2) is 4.19. The van der Waals surface area contributed by atoms with Gasteiger partial charge in [-0.15, -0.1) is 0 Å². The highest BCUT2D eigenvalue weighted by molar-refractivity contribution is 5.41. The van der Waals surface area contributed by atoms with Gasteiger partial charge in [0.1, 0.15) is 0 Å². The zero-order chi connectivity index (χ0) is 14.6. The fourth-order valence-corrected chi connectivity index (χ4v) is 4.50. The van der Waals surface area contributed by atoms with E-state index in [1.54, 1.807) is 0 Å². The number of benzene rings is 1. The van der Waals surface area contributed by atoms with E-state index in [9.17, 15) is 10.2 Å². The van der Waals surface area contributed by atoms with E-state index >= 15 is 0 Å². The molecule has 1 aromatic rings. The van der Waals surface area contributed by atoms with Gasteiger partial charge >= 0.3 is 0 Å². The monoisotopic (exact) mass is 272 g/mol. The van der Waals surface area contributed by atoms with Crippen molar-refractivity contribution in [3.05, 3.63) is 47.5 Å². The van der Waals surface area contributed by atoms with Crippen molar-refractivity contribution < 1.29 is 10.2 Å². The van der Waals surface area contributed by atoms with Crippen LogP contribution in [-0.4, -0.2) is 16.0 Å². The average molecular weight is 272 g/mol. The summed E-state index contributed by atoms with van der Waals surface area (Å²) in [5.74, 6) is -1.89. The molecule has 3 rings (SSSR count). The lowest BCUT2D eigenvalue weighted by Crippen LogP contribution is -2.44. The quantitative estimate of drug-likeness (QED) is 0.607. The number of aliphatic hydroxyl groups is 2. The highest BCUT2D eigenvalue weighted by Gasteiger charge is 2.53. The lowest BCUT2D eigenvalue weighted by Gasteiger charge is -2.46. The lowest BCUT2D eigenvalue weighted by atomic mass is 9.60. The maximum absolute atomic E-state index is 10.6. The molecular formula is C18H24O2. The molecule has 0 heterocycles. The third-order valence-corrected chi connectivity index (χ3v) is 4.97. The molecule has 2 heteroatoms. The molecule has 108 valence electrons. The van der Waals surface area contributed by atoms with Gasteiger partial charge in [0.25, 0.3) is 0 Å². The van der Waals surface area contributed by atoms with Gasteiger partial charge < -0.3 is 10.2 Å². The van der Waals surface area contributed by atoms with Gasteiger partial charge in [0.15, 0.2) is 5.79 Å². The molecule has 0 bridgehead atoms. The number of rotatable bonds is 1. The number of hydrogen-bond acceptors (Lipinski definition) is 2. The molecule has 2 N–H and O–H groups in total. The first-order valence-corrected chi connectivity index (χ1v) is 7.44. The third-order valence-electron chi connectivity index (χ3n) is 4.97. The summed E-state index contributed by atoms with van der Waals surface area (Å²) >= 11 is 0. The lowest BCUT2D eigenvalue weighted by molar-refractivity contribution is -0.189. The Morgan fingerprint density at radius 2 is 1.80 bits per heavy atom. The van der Waals surface area contributed by atoms with Gasteiger partial charge in [0, 0.05) is 12.3 Å². The molecule has 0 spiro atoms. The minimum Gasteiger partial charge on any atom is -0.365 e. The summed E-state index contributed by atoms with van der Waals surface area (Å²) in [6.45, 7) is 6.68. The molecule has 20 heavy (non-hydrogen) atoms. The summed E-state index contributed by atoms with van der Waals surface area (Å²) in [4.78, 5) is 0. The van der Waals surface area contributed by atoms with Crippen molar-refractivity contribution >= 4 is 0 Å². The van der Waals surface area contributed by atoms with Crippen LogP contribution in [0.25, 0.3) is 0 Å². The fraction of sp³-hybridized carbons (Fsp3) is 0.556. The van der Waals surface area contributed by atoms with Crippen molar-refractivity contribution in [2.45, 2.75) is 51.7 Å². The second-order valence-electron chi connectivity index (χ2n) is 7.64. The predicted octanol–water partition coefficient (Wildman–Crippen LogP) is 3.39. The maximum atomic E-state index is 10.6. The Labute approximate surface area is 121 Å². The van der Waals surface area contributed by atoms with Crippen molar-refractivity contribution in [1.82, 2.24) is 0 Å². The topological polar surface area (TPSA) is 40.5 Å². The van der Waals surface area contributed by atoms with Crippen molar-refractivity contribution in [3.8, 4) is 0 Å². The standard InChI is InChI=1S/C18H24O2/c1-16(2)9-6-10-17(3,12-16)15-14-8-5-4-7-13(14)11-18(15,19)20/h4-8,10,15,19-20H,9,11-12H2,1-3H3. The molecule has 0 saturated carbocycles. The Morgan fingerprint density at radius 1 is 1.10 bits per heavy atom. The predicted molar refractivity (Wildman–Crippen MR) is 80.3 cm³/mol. The highest BCUT2D eigenvalue weighted by Crippen LogP contribution is 2.56. The molecule has 0 saturated heterocycles. The zero-order valence-electron chi connectivity index (χ0n) is 12.6. The van der Waals surface area contributed by atoms with Crippen molar-refractivity contribution in [3.63, 3.8) is 0 Å². The Morgan fingerprint density at radius 3 is 2.50 bits per heavy atom. The Hall–Kier alpha value is -1.12. The van der Waals surface area contributed by atoms with E-state index in [0.29, 0.717) is 6.42 Å². The van der Waals surface area contributed by atoms with E-state index in [1.807, 2.05) is 18.2 Å². The van der Waals surface area contributed by atoms with Crippen molar-refractivity contribution in [2.75, 3.05) is 0 Å². The summed E-state index contributed by atoms with van der Waals surface area (Å²) in [6, 6.07) is 8.03. The minimum atomic E-state index is -1.64. The van der Waals surface area contributed by atoms with Crippen LogP contribution in [0.3, 0.4) is 0 Å². The molecule has 0 amide bonds. The second-order valence-corrected chi connectivity index (χ2v) is 7.64. The van der Waals surface area contributed by atoms with Crippen molar-refractivity contribution in [2.24, 2.45) is 10.8 Å². The molecule has 1 aromatic carbocycles. The summed E-state index contributed by atoms with van der Waals surface area (Å²) in [6.07, 6.45) is 6.77. The maximum Gasteiger partial charge on any atom is 0.174 e. The molecule has 0 radical (unpaired) electrons. The zero-order valence-corrected chi connectivity index (χ0v) is 12.6. The summed E-state index contributed by atoms with van der Waals surface area (Å²) in [5.41, 5.74) is 2.16. The van der Waals surface area contributed by atoms with Crippen LogP contribution in [-0.2, 0) is 6.42 Å². The van der Waals surface area contributed by atoms with Crippen molar-refractivity contribution in [1.29, 1.82) is 0 Å². The minimum absolute atomic E-state index is 0.205. The first-order valence-electron chi connectivity index (χ1n) is 7.44. The average Bonchev–Trinajstić information content (AvgIpc) is 2.57. The van der Waals surface area contributed by atoms with Crippen LogP contribution in [0.2, 0.25) is 0 Å². The molecule has 2 aliphatic rings. The van der Waals surface area contributed by atoms with E-state index in [4.69, 9.17) is 0 Å². The fourth-order valence-electron chi connectivity index (χ4n) is 4.50. The van der Waals surface area contributed by atoms with Crippen LogP contribution in [0.1, 0.15) is 50.7 Å². The van der Waals surface area contributed by atoms with Crippen LogP contribution < -0.4 is 0 Å².